The zero-order valence-electron chi connectivity index (χ0n) is 8.26. The van der Waals surface area contributed by atoms with Gasteiger partial charge in [0.25, 0.3) is 5.91 Å². The van der Waals surface area contributed by atoms with Crippen LogP contribution in [0, 0.1) is 11.8 Å². The molecule has 2 rings (SSSR count). The zero-order chi connectivity index (χ0) is 12.3. The number of hydrogen-bond donors (Lipinski definition) is 1. The van der Waals surface area contributed by atoms with Gasteiger partial charge in [0.1, 0.15) is 0 Å². The molecule has 2 heterocycles. The number of nitrogens with zero attached hydrogens (tertiary/aromatic N) is 4. The molecule has 1 amide bonds. The van der Waals surface area contributed by atoms with Crippen molar-refractivity contribution in [2.75, 3.05) is 5.32 Å². The molecular weight excluding hydrogens is 232 g/mol. The molecule has 2 aromatic heterocycles. The summed E-state index contributed by atoms with van der Waals surface area (Å²) in [5.74, 6) is -3.65. The van der Waals surface area contributed by atoms with Crippen molar-refractivity contribution >= 4 is 11.9 Å². The van der Waals surface area contributed by atoms with Gasteiger partial charge in [0.15, 0.2) is 5.82 Å². The van der Waals surface area contributed by atoms with E-state index in [0.717, 1.165) is 12.3 Å². The molecule has 6 nitrogen and oxygen atoms in total. The highest BCUT2D eigenvalue weighted by Crippen LogP contribution is 2.10. The molecular formula is C9H5F2N5O. The molecule has 0 aliphatic rings. The van der Waals surface area contributed by atoms with Crippen LogP contribution in [-0.2, 0) is 0 Å². The fourth-order valence-electron chi connectivity index (χ4n) is 1.07. The Balaban J connectivity index is 2.24. The Kier molecular flexibility index (Phi) is 2.95. The highest BCUT2D eigenvalue weighted by atomic mass is 19.2. The minimum absolute atomic E-state index is 0.103. The Hall–Kier alpha value is -2.51. The SMILES string of the molecule is O=C(Nc1nccnn1)c1ccnc(F)c1F. The average Bonchev–Trinajstić information content (AvgIpc) is 2.34. The number of halogens is 2. The average molecular weight is 237 g/mol. The van der Waals surface area contributed by atoms with Crippen LogP contribution in [0.25, 0.3) is 0 Å². The first kappa shape index (κ1) is 11.0. The molecule has 8 heteroatoms. The van der Waals surface area contributed by atoms with E-state index >= 15 is 0 Å². The first-order valence-electron chi connectivity index (χ1n) is 4.43. The van der Waals surface area contributed by atoms with E-state index < -0.39 is 23.2 Å². The minimum atomic E-state index is -1.34. The molecule has 0 saturated heterocycles. The fraction of sp³-hybridized carbons (Fsp3) is 0. The summed E-state index contributed by atoms with van der Waals surface area (Å²) in [5, 5.41) is 9.10. The van der Waals surface area contributed by atoms with Crippen molar-refractivity contribution in [2.24, 2.45) is 0 Å². The van der Waals surface area contributed by atoms with E-state index in [1.807, 2.05) is 0 Å². The summed E-state index contributed by atoms with van der Waals surface area (Å²) in [4.78, 5) is 18.3. The van der Waals surface area contributed by atoms with Crippen molar-refractivity contribution in [1.82, 2.24) is 20.2 Å². The molecule has 0 unspecified atom stereocenters. The van der Waals surface area contributed by atoms with Crippen LogP contribution in [0.1, 0.15) is 10.4 Å². The van der Waals surface area contributed by atoms with Crippen molar-refractivity contribution in [3.63, 3.8) is 0 Å². The van der Waals surface area contributed by atoms with Gasteiger partial charge in [-0.05, 0) is 6.07 Å². The van der Waals surface area contributed by atoms with E-state index in [1.54, 1.807) is 0 Å². The fourth-order valence-corrected chi connectivity index (χ4v) is 1.07. The molecule has 0 spiro atoms. The van der Waals surface area contributed by atoms with E-state index in [2.05, 4.69) is 25.5 Å². The molecule has 0 fully saturated rings. The lowest BCUT2D eigenvalue weighted by atomic mass is 10.2. The molecule has 0 radical (unpaired) electrons. The van der Waals surface area contributed by atoms with E-state index in [0.29, 0.717) is 0 Å². The number of rotatable bonds is 2. The molecule has 2 aromatic rings. The van der Waals surface area contributed by atoms with E-state index in [1.165, 1.54) is 12.4 Å². The van der Waals surface area contributed by atoms with Crippen LogP contribution in [0.4, 0.5) is 14.7 Å². The smallest absolute Gasteiger partial charge is 0.261 e. The maximum Gasteiger partial charge on any atom is 0.261 e. The number of hydrogen-bond acceptors (Lipinski definition) is 5. The Morgan fingerprint density at radius 1 is 1.18 bits per heavy atom. The predicted molar refractivity (Wildman–Crippen MR) is 51.9 cm³/mol. The predicted octanol–water partition coefficient (Wildman–Crippen LogP) is 0.797. The standard InChI is InChI=1S/C9H5F2N5O/c10-6-5(1-2-12-7(6)11)8(17)15-9-13-3-4-14-16-9/h1-4H,(H,13,15,16,17). The van der Waals surface area contributed by atoms with Crippen LogP contribution >= 0.6 is 0 Å². The maximum atomic E-state index is 13.2. The van der Waals surface area contributed by atoms with Gasteiger partial charge in [-0.1, -0.05) is 0 Å². The van der Waals surface area contributed by atoms with Gasteiger partial charge in [0, 0.05) is 6.20 Å². The molecule has 0 saturated carbocycles. The number of carbonyl (C=O) groups excluding carboxylic acids is 1. The normalized spacial score (nSPS) is 10.0. The molecule has 0 bridgehead atoms. The Morgan fingerprint density at radius 2 is 2.00 bits per heavy atom. The van der Waals surface area contributed by atoms with Crippen molar-refractivity contribution in [2.45, 2.75) is 0 Å². The second-order valence-corrected chi connectivity index (χ2v) is 2.88. The highest BCUT2D eigenvalue weighted by molar-refractivity contribution is 6.03. The highest BCUT2D eigenvalue weighted by Gasteiger charge is 2.16. The van der Waals surface area contributed by atoms with Crippen LogP contribution in [-0.4, -0.2) is 26.1 Å². The summed E-state index contributed by atoms with van der Waals surface area (Å²) in [6, 6.07) is 1.05. The van der Waals surface area contributed by atoms with Gasteiger partial charge in [-0.3, -0.25) is 10.1 Å². The number of carbonyl (C=O) groups is 1. The number of nitrogens with one attached hydrogen (secondary N) is 1. The second kappa shape index (κ2) is 4.56. The quantitative estimate of drug-likeness (QED) is 0.781. The summed E-state index contributed by atoms with van der Waals surface area (Å²) in [7, 11) is 0. The van der Waals surface area contributed by atoms with Gasteiger partial charge >= 0.3 is 0 Å². The molecule has 0 aliphatic heterocycles. The summed E-state index contributed by atoms with van der Waals surface area (Å²) in [5.41, 5.74) is -0.482. The van der Waals surface area contributed by atoms with Gasteiger partial charge in [-0.15, -0.1) is 5.10 Å². The molecule has 1 N–H and O–H groups in total. The lowest BCUT2D eigenvalue weighted by molar-refractivity contribution is 0.102. The van der Waals surface area contributed by atoms with Crippen LogP contribution < -0.4 is 5.32 Å². The van der Waals surface area contributed by atoms with Crippen molar-refractivity contribution in [1.29, 1.82) is 0 Å². The Labute approximate surface area is 93.7 Å². The second-order valence-electron chi connectivity index (χ2n) is 2.88. The first-order valence-corrected chi connectivity index (χ1v) is 4.43. The molecule has 0 atom stereocenters. The Morgan fingerprint density at radius 3 is 2.71 bits per heavy atom. The van der Waals surface area contributed by atoms with E-state index in [4.69, 9.17) is 0 Å². The largest absolute Gasteiger partial charge is 0.289 e. The minimum Gasteiger partial charge on any atom is -0.289 e. The molecule has 17 heavy (non-hydrogen) atoms. The zero-order valence-corrected chi connectivity index (χ0v) is 8.26. The van der Waals surface area contributed by atoms with Crippen LogP contribution in [0.3, 0.4) is 0 Å². The third kappa shape index (κ3) is 2.36. The van der Waals surface area contributed by atoms with Crippen LogP contribution in [0.5, 0.6) is 0 Å². The van der Waals surface area contributed by atoms with Crippen LogP contribution in [0.2, 0.25) is 0 Å². The van der Waals surface area contributed by atoms with E-state index in [9.17, 15) is 13.6 Å². The Bertz CT molecular complexity index is 548. The van der Waals surface area contributed by atoms with Gasteiger partial charge in [0.2, 0.25) is 11.9 Å². The molecule has 0 aliphatic carbocycles. The lowest BCUT2D eigenvalue weighted by Crippen LogP contribution is -2.17. The van der Waals surface area contributed by atoms with E-state index in [-0.39, 0.29) is 5.95 Å². The number of anilines is 1. The van der Waals surface area contributed by atoms with Crippen molar-refractivity contribution in [3.05, 3.63) is 42.0 Å². The third-order valence-corrected chi connectivity index (χ3v) is 1.80. The van der Waals surface area contributed by atoms with Gasteiger partial charge in [-0.25, -0.2) is 14.4 Å². The summed E-state index contributed by atoms with van der Waals surface area (Å²) >= 11 is 0. The molecule has 0 aromatic carbocycles. The number of amides is 1. The summed E-state index contributed by atoms with van der Waals surface area (Å²) < 4.78 is 26.0. The first-order chi connectivity index (χ1) is 8.18. The number of aromatic nitrogens is 4. The lowest BCUT2D eigenvalue weighted by Gasteiger charge is -2.03. The summed E-state index contributed by atoms with van der Waals surface area (Å²) in [6.45, 7) is 0. The maximum absolute atomic E-state index is 13.2. The van der Waals surface area contributed by atoms with Crippen molar-refractivity contribution < 1.29 is 13.6 Å². The van der Waals surface area contributed by atoms with Gasteiger partial charge < -0.3 is 0 Å². The topological polar surface area (TPSA) is 80.7 Å². The molecule has 86 valence electrons. The van der Waals surface area contributed by atoms with Gasteiger partial charge in [-0.2, -0.15) is 9.49 Å². The number of pyridine rings is 1. The van der Waals surface area contributed by atoms with Gasteiger partial charge in [0.05, 0.1) is 18.0 Å². The van der Waals surface area contributed by atoms with Crippen LogP contribution in [0.15, 0.2) is 24.7 Å². The monoisotopic (exact) mass is 237 g/mol. The van der Waals surface area contributed by atoms with Crippen molar-refractivity contribution in [3.8, 4) is 0 Å². The summed E-state index contributed by atoms with van der Waals surface area (Å²) in [6.07, 6.45) is 3.59. The third-order valence-electron chi connectivity index (χ3n) is 1.80.